The van der Waals surface area contributed by atoms with Crippen molar-refractivity contribution in [2.45, 2.75) is 20.3 Å². The third-order valence-corrected chi connectivity index (χ3v) is 2.56. The first kappa shape index (κ1) is 15.0. The molecule has 1 unspecified atom stereocenters. The standard InChI is InChI=1S/C14H19NO4/c1-3-6-18-12-5-4-11(8-16)13(7-12)19-9-10(2)14(15)17/h4-5,7-8,10H,3,6,9H2,1-2H3,(H2,15,17). The van der Waals surface area contributed by atoms with Gasteiger partial charge in [-0.3, -0.25) is 9.59 Å². The summed E-state index contributed by atoms with van der Waals surface area (Å²) in [5.74, 6) is 0.177. The Morgan fingerprint density at radius 2 is 2.16 bits per heavy atom. The van der Waals surface area contributed by atoms with Gasteiger partial charge in [-0.15, -0.1) is 0 Å². The third kappa shape index (κ3) is 4.62. The van der Waals surface area contributed by atoms with Crippen LogP contribution in [0.4, 0.5) is 0 Å². The van der Waals surface area contributed by atoms with E-state index in [9.17, 15) is 9.59 Å². The van der Waals surface area contributed by atoms with E-state index in [-0.39, 0.29) is 6.61 Å². The minimum Gasteiger partial charge on any atom is -0.493 e. The molecule has 5 nitrogen and oxygen atoms in total. The SMILES string of the molecule is CCCOc1ccc(C=O)c(OCC(C)C(N)=O)c1. The molecule has 1 aromatic rings. The molecule has 0 heterocycles. The average Bonchev–Trinajstić information content (AvgIpc) is 2.42. The zero-order valence-corrected chi connectivity index (χ0v) is 11.2. The van der Waals surface area contributed by atoms with Gasteiger partial charge in [-0.25, -0.2) is 0 Å². The van der Waals surface area contributed by atoms with Gasteiger partial charge in [0.25, 0.3) is 0 Å². The fourth-order valence-electron chi connectivity index (χ4n) is 1.34. The molecule has 1 aromatic carbocycles. The van der Waals surface area contributed by atoms with Gasteiger partial charge in [0.05, 0.1) is 24.7 Å². The number of aldehydes is 1. The van der Waals surface area contributed by atoms with Crippen LogP contribution in [0.25, 0.3) is 0 Å². The van der Waals surface area contributed by atoms with Crippen LogP contribution in [0.15, 0.2) is 18.2 Å². The summed E-state index contributed by atoms with van der Waals surface area (Å²) < 4.78 is 10.9. The van der Waals surface area contributed by atoms with E-state index >= 15 is 0 Å². The van der Waals surface area contributed by atoms with Crippen LogP contribution in [0, 0.1) is 5.92 Å². The van der Waals surface area contributed by atoms with E-state index < -0.39 is 11.8 Å². The fourth-order valence-corrected chi connectivity index (χ4v) is 1.34. The molecule has 1 atom stereocenters. The van der Waals surface area contributed by atoms with E-state index in [1.54, 1.807) is 25.1 Å². The number of nitrogens with two attached hydrogens (primary N) is 1. The predicted molar refractivity (Wildman–Crippen MR) is 71.5 cm³/mol. The van der Waals surface area contributed by atoms with Crippen molar-refractivity contribution >= 4 is 12.2 Å². The van der Waals surface area contributed by atoms with E-state index in [2.05, 4.69) is 0 Å². The summed E-state index contributed by atoms with van der Waals surface area (Å²) in [5, 5.41) is 0. The minimum atomic E-state index is -0.439. The van der Waals surface area contributed by atoms with Crippen LogP contribution < -0.4 is 15.2 Å². The topological polar surface area (TPSA) is 78.6 Å². The molecule has 0 aliphatic carbocycles. The Balaban J connectivity index is 2.77. The number of primary amides is 1. The maximum atomic E-state index is 10.9. The number of hydrogen-bond donors (Lipinski definition) is 1. The third-order valence-electron chi connectivity index (χ3n) is 2.56. The van der Waals surface area contributed by atoms with Gasteiger partial charge in [0.2, 0.25) is 5.91 Å². The largest absolute Gasteiger partial charge is 0.493 e. The Hall–Kier alpha value is -2.04. The molecule has 0 fully saturated rings. The summed E-state index contributed by atoms with van der Waals surface area (Å²) in [6.07, 6.45) is 1.60. The molecule has 0 spiro atoms. The van der Waals surface area contributed by atoms with Crippen molar-refractivity contribution in [1.82, 2.24) is 0 Å². The lowest BCUT2D eigenvalue weighted by Crippen LogP contribution is -2.26. The first-order valence-corrected chi connectivity index (χ1v) is 6.22. The molecule has 0 aromatic heterocycles. The molecule has 0 bridgehead atoms. The molecule has 5 heteroatoms. The quantitative estimate of drug-likeness (QED) is 0.727. The van der Waals surface area contributed by atoms with E-state index in [1.165, 1.54) is 0 Å². The van der Waals surface area contributed by atoms with E-state index in [1.807, 2.05) is 6.92 Å². The van der Waals surface area contributed by atoms with Crippen LogP contribution in [0.1, 0.15) is 30.6 Å². The number of rotatable bonds is 8. The van der Waals surface area contributed by atoms with Crippen molar-refractivity contribution in [2.24, 2.45) is 11.7 Å². The lowest BCUT2D eigenvalue weighted by Gasteiger charge is -2.13. The highest BCUT2D eigenvalue weighted by atomic mass is 16.5. The van der Waals surface area contributed by atoms with Crippen molar-refractivity contribution in [3.8, 4) is 11.5 Å². The van der Waals surface area contributed by atoms with Crippen molar-refractivity contribution in [3.05, 3.63) is 23.8 Å². The Morgan fingerprint density at radius 3 is 2.74 bits per heavy atom. The maximum absolute atomic E-state index is 10.9. The number of amides is 1. The van der Waals surface area contributed by atoms with Crippen LogP contribution >= 0.6 is 0 Å². The van der Waals surface area contributed by atoms with Crippen molar-refractivity contribution in [2.75, 3.05) is 13.2 Å². The Bertz CT molecular complexity index is 445. The number of benzene rings is 1. The normalized spacial score (nSPS) is 11.7. The zero-order chi connectivity index (χ0) is 14.3. The molecule has 0 saturated carbocycles. The molecular formula is C14H19NO4. The summed E-state index contributed by atoms with van der Waals surface area (Å²) in [7, 11) is 0. The first-order valence-electron chi connectivity index (χ1n) is 6.22. The van der Waals surface area contributed by atoms with Gasteiger partial charge in [-0.1, -0.05) is 13.8 Å². The molecule has 1 rings (SSSR count). The number of carbonyl (C=O) groups excluding carboxylic acids is 2. The molecule has 0 radical (unpaired) electrons. The number of carbonyl (C=O) groups is 2. The summed E-state index contributed by atoms with van der Waals surface area (Å²) in [6.45, 7) is 4.40. The molecule has 0 aliphatic heterocycles. The molecule has 2 N–H and O–H groups in total. The monoisotopic (exact) mass is 265 g/mol. The second-order valence-corrected chi connectivity index (χ2v) is 4.28. The van der Waals surface area contributed by atoms with E-state index in [4.69, 9.17) is 15.2 Å². The Labute approximate surface area is 112 Å². The highest BCUT2D eigenvalue weighted by Crippen LogP contribution is 2.24. The van der Waals surface area contributed by atoms with Crippen molar-refractivity contribution in [1.29, 1.82) is 0 Å². The Kier molecular flexibility index (Phi) is 5.85. The highest BCUT2D eigenvalue weighted by Gasteiger charge is 2.12. The number of ether oxygens (including phenoxy) is 2. The lowest BCUT2D eigenvalue weighted by atomic mass is 10.2. The zero-order valence-electron chi connectivity index (χ0n) is 11.2. The van der Waals surface area contributed by atoms with Crippen LogP contribution in [-0.4, -0.2) is 25.4 Å². The lowest BCUT2D eigenvalue weighted by molar-refractivity contribution is -0.122. The smallest absolute Gasteiger partial charge is 0.223 e. The van der Waals surface area contributed by atoms with Gasteiger partial charge in [-0.2, -0.15) is 0 Å². The average molecular weight is 265 g/mol. The van der Waals surface area contributed by atoms with Gasteiger partial charge < -0.3 is 15.2 Å². The summed E-state index contributed by atoms with van der Waals surface area (Å²) in [5.41, 5.74) is 5.57. The van der Waals surface area contributed by atoms with Gasteiger partial charge in [0, 0.05) is 6.07 Å². The second-order valence-electron chi connectivity index (χ2n) is 4.28. The van der Waals surface area contributed by atoms with Crippen molar-refractivity contribution < 1.29 is 19.1 Å². The van der Waals surface area contributed by atoms with E-state index in [0.29, 0.717) is 30.0 Å². The second kappa shape index (κ2) is 7.41. The van der Waals surface area contributed by atoms with Crippen LogP contribution in [-0.2, 0) is 4.79 Å². The molecule has 0 aliphatic rings. The summed E-state index contributed by atoms with van der Waals surface area (Å²) in [4.78, 5) is 21.9. The molecule has 0 saturated heterocycles. The molecule has 104 valence electrons. The fraction of sp³-hybridized carbons (Fsp3) is 0.429. The van der Waals surface area contributed by atoms with Gasteiger partial charge >= 0.3 is 0 Å². The van der Waals surface area contributed by atoms with E-state index in [0.717, 1.165) is 6.42 Å². The van der Waals surface area contributed by atoms with Gasteiger partial charge in [0.1, 0.15) is 11.5 Å². The molecule has 19 heavy (non-hydrogen) atoms. The predicted octanol–water partition coefficient (Wildman–Crippen LogP) is 1.79. The van der Waals surface area contributed by atoms with Crippen LogP contribution in [0.5, 0.6) is 11.5 Å². The summed E-state index contributed by atoms with van der Waals surface area (Å²) in [6, 6.07) is 4.99. The van der Waals surface area contributed by atoms with Crippen molar-refractivity contribution in [3.63, 3.8) is 0 Å². The minimum absolute atomic E-state index is 0.132. The molecule has 1 amide bonds. The van der Waals surface area contributed by atoms with Crippen LogP contribution in [0.2, 0.25) is 0 Å². The Morgan fingerprint density at radius 1 is 1.42 bits per heavy atom. The van der Waals surface area contributed by atoms with Crippen LogP contribution in [0.3, 0.4) is 0 Å². The van der Waals surface area contributed by atoms with Gasteiger partial charge in [0.15, 0.2) is 6.29 Å². The molecular weight excluding hydrogens is 246 g/mol. The van der Waals surface area contributed by atoms with Gasteiger partial charge in [-0.05, 0) is 18.6 Å². The maximum Gasteiger partial charge on any atom is 0.223 e. The highest BCUT2D eigenvalue weighted by molar-refractivity contribution is 5.80. The summed E-state index contributed by atoms with van der Waals surface area (Å²) >= 11 is 0. The first-order chi connectivity index (χ1) is 9.08. The number of hydrogen-bond acceptors (Lipinski definition) is 4.